The van der Waals surface area contributed by atoms with E-state index in [9.17, 15) is 14.0 Å². The summed E-state index contributed by atoms with van der Waals surface area (Å²) in [6.07, 6.45) is 6.24. The first-order chi connectivity index (χ1) is 22.4. The van der Waals surface area contributed by atoms with Gasteiger partial charge >= 0.3 is 5.36 Å². The van der Waals surface area contributed by atoms with E-state index in [4.69, 9.17) is 10.5 Å². The molecule has 7 nitrogen and oxygen atoms in total. The molecule has 2 N–H and O–H groups in total. The number of carbonyl (C=O) groups excluding carboxylic acids is 2. The number of nitrogens with zero attached hydrogens (tertiary/aromatic N) is 3. The number of ether oxygens (including phenoxy) is 1. The fourth-order valence-corrected chi connectivity index (χ4v) is 6.10. The van der Waals surface area contributed by atoms with Crippen LogP contribution in [0, 0.1) is 5.82 Å². The van der Waals surface area contributed by atoms with Gasteiger partial charge in [-0.05, 0) is 47.0 Å². The van der Waals surface area contributed by atoms with Crippen LogP contribution in [0.4, 0.5) is 4.39 Å². The van der Waals surface area contributed by atoms with Crippen molar-refractivity contribution in [2.45, 2.75) is 37.5 Å². The van der Waals surface area contributed by atoms with E-state index in [0.717, 1.165) is 32.8 Å². The minimum absolute atomic E-state index is 0.213. The highest BCUT2D eigenvalue weighted by molar-refractivity contribution is 6.04. The molecular weight excluding hydrogens is 579 g/mol. The third kappa shape index (κ3) is 6.69. The highest BCUT2D eigenvalue weighted by Gasteiger charge is 2.38. The summed E-state index contributed by atoms with van der Waals surface area (Å²) in [6.45, 7) is 0.428. The molecule has 0 bridgehead atoms. The lowest BCUT2D eigenvalue weighted by Gasteiger charge is -2.40. The Kier molecular flexibility index (Phi) is 9.20. The molecule has 0 spiro atoms. The molecule has 3 atom stereocenters. The van der Waals surface area contributed by atoms with Crippen LogP contribution in [-0.2, 0) is 22.6 Å². The number of amides is 2. The molecule has 8 heteroatoms. The van der Waals surface area contributed by atoms with Crippen molar-refractivity contribution in [1.82, 2.24) is 14.5 Å². The van der Waals surface area contributed by atoms with Crippen LogP contribution in [0.1, 0.15) is 29.2 Å². The van der Waals surface area contributed by atoms with Crippen molar-refractivity contribution in [2.24, 2.45) is 5.73 Å². The number of methoxy groups -OCH3 is 1. The van der Waals surface area contributed by atoms with Crippen LogP contribution in [0.3, 0.4) is 0 Å². The van der Waals surface area contributed by atoms with E-state index in [1.165, 1.54) is 12.1 Å². The number of para-hydroxylation sites is 1. The number of fused-ring (bicyclic) bond motifs is 1. The van der Waals surface area contributed by atoms with Gasteiger partial charge < -0.3 is 20.3 Å². The molecular formula is C38H36FN4O3+. The van der Waals surface area contributed by atoms with Crippen molar-refractivity contribution < 1.29 is 18.7 Å². The standard InChI is InChI=1S/C38H36FN4O3/c1-46-31-19-15-28(16-20-31)35-12-7-21-42(37(44)33(40)23-29-24-41-34-11-6-5-10-32(29)34)36(22-26-8-3-2-4-9-26)38(45)43(35)25-27-13-17-30(39)18-14-27/h2-20,24,33,35-36H,21-23,25,40H2,1H3/q+1/b12-7-. The third-order valence-electron chi connectivity index (χ3n) is 8.55. The monoisotopic (exact) mass is 615 g/mol. The van der Waals surface area contributed by atoms with Crippen molar-refractivity contribution >= 4 is 23.6 Å². The smallest absolute Gasteiger partial charge is 0.334 e. The fraction of sp³-hybridized carbons (Fsp3) is 0.211. The average Bonchev–Trinajstić information content (AvgIpc) is 3.49. The zero-order chi connectivity index (χ0) is 32.0. The molecule has 0 saturated carbocycles. The fourth-order valence-electron chi connectivity index (χ4n) is 6.10. The Balaban J connectivity index is 1.38. The molecule has 2 amide bonds. The highest BCUT2D eigenvalue weighted by atomic mass is 19.1. The average molecular weight is 616 g/mol. The van der Waals surface area contributed by atoms with E-state index in [-0.39, 0.29) is 30.7 Å². The second-order valence-corrected chi connectivity index (χ2v) is 11.5. The summed E-state index contributed by atoms with van der Waals surface area (Å²) in [5.74, 6) is -0.182. The van der Waals surface area contributed by atoms with Gasteiger partial charge in [-0.3, -0.25) is 9.59 Å². The molecule has 2 heterocycles. The Morgan fingerprint density at radius 3 is 2.41 bits per heavy atom. The van der Waals surface area contributed by atoms with Gasteiger partial charge in [0.15, 0.2) is 0 Å². The first-order valence-electron chi connectivity index (χ1n) is 15.4. The van der Waals surface area contributed by atoms with Gasteiger partial charge in [-0.1, -0.05) is 83.6 Å². The summed E-state index contributed by atoms with van der Waals surface area (Å²) in [6, 6.07) is 29.0. The zero-order valence-electron chi connectivity index (χ0n) is 25.6. The topological polar surface area (TPSA) is 90.0 Å². The minimum atomic E-state index is -0.880. The normalized spacial score (nSPS) is 18.8. The Morgan fingerprint density at radius 2 is 1.67 bits per heavy atom. The maximum Gasteiger partial charge on any atom is 0.334 e. The summed E-state index contributed by atoms with van der Waals surface area (Å²) in [7, 11) is 1.61. The number of rotatable bonds is 9. The van der Waals surface area contributed by atoms with Gasteiger partial charge in [0.25, 0.3) is 6.21 Å². The van der Waals surface area contributed by atoms with Crippen LogP contribution in [0.2, 0.25) is 0 Å². The van der Waals surface area contributed by atoms with Gasteiger partial charge in [0, 0.05) is 32.0 Å². The summed E-state index contributed by atoms with van der Waals surface area (Å²) < 4.78 is 23.7. The summed E-state index contributed by atoms with van der Waals surface area (Å²) in [4.78, 5) is 32.4. The number of halogens is 1. The Morgan fingerprint density at radius 1 is 0.957 bits per heavy atom. The number of carbonyl (C=O) groups is 2. The van der Waals surface area contributed by atoms with Gasteiger partial charge in [0.05, 0.1) is 30.0 Å². The Labute approximate surface area is 267 Å². The van der Waals surface area contributed by atoms with Gasteiger partial charge in [0.2, 0.25) is 11.8 Å². The lowest BCUT2D eigenvalue weighted by molar-refractivity contribution is -0.148. The molecule has 46 heavy (non-hydrogen) atoms. The predicted molar refractivity (Wildman–Crippen MR) is 176 cm³/mol. The molecule has 2 aliphatic heterocycles. The van der Waals surface area contributed by atoms with E-state index < -0.39 is 18.1 Å². The predicted octanol–water partition coefficient (Wildman–Crippen LogP) is 3.25. The van der Waals surface area contributed by atoms with Crippen molar-refractivity contribution in [2.75, 3.05) is 13.7 Å². The Bertz CT molecular complexity index is 1900. The van der Waals surface area contributed by atoms with Crippen LogP contribution in [-0.4, -0.2) is 53.6 Å². The van der Waals surface area contributed by atoms with Crippen LogP contribution >= 0.6 is 0 Å². The molecule has 0 fully saturated rings. The molecule has 0 aromatic heterocycles. The van der Waals surface area contributed by atoms with Crippen LogP contribution in [0.5, 0.6) is 5.75 Å². The first-order valence-corrected chi connectivity index (χ1v) is 15.4. The van der Waals surface area contributed by atoms with Crippen molar-refractivity contribution in [3.8, 4) is 5.75 Å². The second-order valence-electron chi connectivity index (χ2n) is 11.5. The SMILES string of the molecule is COc1ccc(C2/C=C\CN(C(=O)C(N)CC3=c4ccccc4=[N+]=C3)C(Cc3ccccc3)C(=O)N2Cc2ccc(F)cc2)cc1. The molecule has 4 aromatic carbocycles. The first kappa shape index (κ1) is 30.7. The summed E-state index contributed by atoms with van der Waals surface area (Å²) in [5.41, 5.74) is 10.1. The number of benzene rings is 4. The maximum absolute atomic E-state index is 14.9. The molecule has 232 valence electrons. The van der Waals surface area contributed by atoms with E-state index in [1.807, 2.05) is 91.0 Å². The van der Waals surface area contributed by atoms with Crippen LogP contribution in [0.25, 0.3) is 5.57 Å². The molecule has 3 unspecified atom stereocenters. The number of nitrogens with two attached hydrogens (primary N) is 1. The van der Waals surface area contributed by atoms with E-state index in [2.05, 4.69) is 4.67 Å². The van der Waals surface area contributed by atoms with Crippen LogP contribution < -0.4 is 25.7 Å². The van der Waals surface area contributed by atoms with Crippen molar-refractivity contribution in [1.29, 1.82) is 0 Å². The molecule has 0 saturated heterocycles. The summed E-state index contributed by atoms with van der Waals surface area (Å²) >= 11 is 0. The van der Waals surface area contributed by atoms with Gasteiger partial charge in [0.1, 0.15) is 17.6 Å². The lowest BCUT2D eigenvalue weighted by atomic mass is 9.96. The number of hydrogen-bond donors (Lipinski definition) is 1. The van der Waals surface area contributed by atoms with E-state index in [0.29, 0.717) is 18.6 Å². The Hall–Kier alpha value is -5.30. The van der Waals surface area contributed by atoms with Gasteiger partial charge in [-0.15, -0.1) is 0 Å². The number of hydrogen-bond acceptors (Lipinski definition) is 4. The zero-order valence-corrected chi connectivity index (χ0v) is 25.6. The minimum Gasteiger partial charge on any atom is -0.497 e. The summed E-state index contributed by atoms with van der Waals surface area (Å²) in [5, 5.41) is 1.81. The second kappa shape index (κ2) is 13.8. The molecule has 4 aromatic rings. The van der Waals surface area contributed by atoms with Gasteiger partial charge in [-0.2, -0.15) is 0 Å². The largest absolute Gasteiger partial charge is 0.497 e. The van der Waals surface area contributed by atoms with E-state index in [1.54, 1.807) is 35.3 Å². The van der Waals surface area contributed by atoms with Crippen LogP contribution in [0.15, 0.2) is 115 Å². The highest BCUT2D eigenvalue weighted by Crippen LogP contribution is 2.30. The van der Waals surface area contributed by atoms with Gasteiger partial charge in [-0.25, -0.2) is 4.39 Å². The molecule has 2 aliphatic rings. The van der Waals surface area contributed by atoms with E-state index >= 15 is 0 Å². The lowest BCUT2D eigenvalue weighted by Crippen LogP contribution is -2.57. The van der Waals surface area contributed by atoms with Crippen molar-refractivity contribution in [3.05, 3.63) is 148 Å². The molecule has 6 rings (SSSR count). The quantitative estimate of drug-likeness (QED) is 0.231. The molecule has 0 aliphatic carbocycles. The molecule has 0 radical (unpaired) electrons. The third-order valence-corrected chi connectivity index (χ3v) is 8.55. The maximum atomic E-state index is 14.9. The van der Waals surface area contributed by atoms with Crippen molar-refractivity contribution in [3.63, 3.8) is 0 Å².